The van der Waals surface area contributed by atoms with Gasteiger partial charge in [-0.2, -0.15) is 18.3 Å². The summed E-state index contributed by atoms with van der Waals surface area (Å²) in [6, 6.07) is -0.952. The van der Waals surface area contributed by atoms with Gasteiger partial charge in [-0.15, -0.1) is 0 Å². The zero-order valence-electron chi connectivity index (χ0n) is 39.9. The minimum absolute atomic E-state index is 0.00395. The van der Waals surface area contributed by atoms with Crippen molar-refractivity contribution in [3.8, 4) is 0 Å². The van der Waals surface area contributed by atoms with Crippen molar-refractivity contribution >= 4 is 68.2 Å². The number of hydrogen-bond donors (Lipinski definition) is 2. The van der Waals surface area contributed by atoms with Crippen LogP contribution in [0.25, 0.3) is 0 Å². The van der Waals surface area contributed by atoms with Crippen LogP contribution in [0.3, 0.4) is 0 Å². The SMILES string of the molecule is C=[N+](CCCC(=O)[N+](=C)CCOCCOCC(=O)NCCOCCOCC(=O)[N+](=C)CC(=O)[N+](=C)C(CCC(=O)OC)C(C)=O)C(=O)CCCCCCCCCCCCCCCCCO. The largest absolute Gasteiger partial charge is 0.469 e. The summed E-state index contributed by atoms with van der Waals surface area (Å²) < 4.78 is 30.7. The monoisotopic (exact) mass is 926 g/mol. The highest BCUT2D eigenvalue weighted by molar-refractivity contribution is 5.84. The van der Waals surface area contributed by atoms with Gasteiger partial charge < -0.3 is 34.1 Å². The molecular weight excluding hydrogens is 843 g/mol. The molecule has 18 heteroatoms. The van der Waals surface area contributed by atoms with E-state index < -0.39 is 30.4 Å². The molecule has 0 aromatic rings. The number of rotatable bonds is 44. The molecule has 5 amide bonds. The number of carbonyl (C=O) groups is 7. The number of nitrogens with one attached hydrogen (secondary N) is 1. The fraction of sp³-hybridized carbons (Fsp3) is 0.766. The number of aliphatic hydroxyl groups is 1. The summed E-state index contributed by atoms with van der Waals surface area (Å²) in [5.41, 5.74) is 0. The minimum Gasteiger partial charge on any atom is -0.469 e. The van der Waals surface area contributed by atoms with Crippen molar-refractivity contribution in [2.24, 2.45) is 0 Å². The van der Waals surface area contributed by atoms with Gasteiger partial charge in [-0.05, 0) is 12.8 Å². The summed E-state index contributed by atoms with van der Waals surface area (Å²) in [7, 11) is 1.22. The van der Waals surface area contributed by atoms with Crippen molar-refractivity contribution in [2.45, 2.75) is 141 Å². The highest BCUT2D eigenvalue weighted by Gasteiger charge is 2.34. The second-order valence-corrected chi connectivity index (χ2v) is 16.1. The Morgan fingerprint density at radius 1 is 0.523 bits per heavy atom. The molecule has 1 atom stereocenters. The van der Waals surface area contributed by atoms with Gasteiger partial charge in [0.15, 0.2) is 25.5 Å². The predicted molar refractivity (Wildman–Crippen MR) is 246 cm³/mol. The van der Waals surface area contributed by atoms with Crippen molar-refractivity contribution in [2.75, 3.05) is 92.8 Å². The molecule has 0 fully saturated rings. The maximum absolute atomic E-state index is 12.5. The average Bonchev–Trinajstić information content (AvgIpc) is 3.28. The summed E-state index contributed by atoms with van der Waals surface area (Å²) in [5.74, 6) is -2.59. The molecule has 0 aliphatic rings. The molecule has 0 bridgehead atoms. The second-order valence-electron chi connectivity index (χ2n) is 16.1. The molecule has 2 N–H and O–H groups in total. The molecule has 0 aliphatic heterocycles. The third kappa shape index (κ3) is 34.7. The highest BCUT2D eigenvalue weighted by atomic mass is 16.5. The molecule has 18 nitrogen and oxygen atoms in total. The molecule has 65 heavy (non-hydrogen) atoms. The van der Waals surface area contributed by atoms with Crippen molar-refractivity contribution in [3.05, 3.63) is 0 Å². The van der Waals surface area contributed by atoms with E-state index in [1.807, 2.05) is 0 Å². The number of nitrogens with zero attached hydrogens (tertiary/aromatic N) is 4. The number of unbranched alkanes of at least 4 members (excludes halogenated alkanes) is 14. The van der Waals surface area contributed by atoms with Gasteiger partial charge in [-0.1, -0.05) is 83.5 Å². The maximum Gasteiger partial charge on any atom is 0.452 e. The van der Waals surface area contributed by atoms with E-state index in [0.29, 0.717) is 26.0 Å². The number of carbonyl (C=O) groups excluding carboxylic acids is 7. The third-order valence-corrected chi connectivity index (χ3v) is 10.5. The number of Topliss-reactive ketones (excluding diaryl/α,β-unsaturated/α-hetero) is 1. The molecule has 0 saturated carbocycles. The van der Waals surface area contributed by atoms with E-state index in [-0.39, 0.29) is 109 Å². The first-order chi connectivity index (χ1) is 31.2. The number of ether oxygens (including phenoxy) is 5. The fourth-order valence-corrected chi connectivity index (χ4v) is 6.47. The van der Waals surface area contributed by atoms with Gasteiger partial charge in [0.05, 0.1) is 59.4 Å². The predicted octanol–water partition coefficient (Wildman–Crippen LogP) is 3.05. The van der Waals surface area contributed by atoms with Crippen molar-refractivity contribution < 1.29 is 80.7 Å². The number of methoxy groups -OCH3 is 1. The molecule has 0 rings (SSSR count). The summed E-state index contributed by atoms with van der Waals surface area (Å²) in [5, 5.41) is 11.5. The van der Waals surface area contributed by atoms with E-state index in [0.717, 1.165) is 41.3 Å². The number of amides is 5. The van der Waals surface area contributed by atoms with Crippen molar-refractivity contribution in [3.63, 3.8) is 0 Å². The van der Waals surface area contributed by atoms with Crippen LogP contribution in [0.15, 0.2) is 0 Å². The average molecular weight is 926 g/mol. The first-order valence-corrected chi connectivity index (χ1v) is 23.5. The van der Waals surface area contributed by atoms with Crippen molar-refractivity contribution in [1.29, 1.82) is 0 Å². The first-order valence-electron chi connectivity index (χ1n) is 23.5. The summed E-state index contributed by atoms with van der Waals surface area (Å²) >= 11 is 0. The zero-order chi connectivity index (χ0) is 48.5. The number of aliphatic hydroxyl groups excluding tert-OH is 1. The lowest BCUT2D eigenvalue weighted by Crippen LogP contribution is -2.41. The molecule has 0 saturated heterocycles. The van der Waals surface area contributed by atoms with Crippen LogP contribution < -0.4 is 5.32 Å². The van der Waals surface area contributed by atoms with Crippen LogP contribution in [0, 0.1) is 0 Å². The number of esters is 1. The molecule has 0 spiro atoms. The molecule has 0 heterocycles. The van der Waals surface area contributed by atoms with Crippen LogP contribution in [0.1, 0.15) is 135 Å². The molecule has 0 aliphatic carbocycles. The third-order valence-electron chi connectivity index (χ3n) is 10.5. The summed E-state index contributed by atoms with van der Waals surface area (Å²) in [6.45, 7) is 17.4. The topological polar surface area (TPSA) is 210 Å². The lowest BCUT2D eigenvalue weighted by Gasteiger charge is -2.09. The number of ketones is 1. The van der Waals surface area contributed by atoms with Crippen LogP contribution in [-0.4, -0.2) is 190 Å². The maximum atomic E-state index is 12.5. The quantitative estimate of drug-likeness (QED) is 0.0390. The molecule has 1 unspecified atom stereocenters. The van der Waals surface area contributed by atoms with Gasteiger partial charge in [0.25, 0.3) is 6.54 Å². The van der Waals surface area contributed by atoms with Gasteiger partial charge in [0.2, 0.25) is 11.9 Å². The van der Waals surface area contributed by atoms with Gasteiger partial charge in [0.1, 0.15) is 40.1 Å². The minimum atomic E-state index is -0.952. The smallest absolute Gasteiger partial charge is 0.452 e. The van der Waals surface area contributed by atoms with E-state index in [1.54, 1.807) is 0 Å². The van der Waals surface area contributed by atoms with E-state index in [4.69, 9.17) is 24.1 Å². The van der Waals surface area contributed by atoms with E-state index >= 15 is 0 Å². The lowest BCUT2D eigenvalue weighted by molar-refractivity contribution is -0.503. The van der Waals surface area contributed by atoms with Crippen LogP contribution in [0.5, 0.6) is 0 Å². The van der Waals surface area contributed by atoms with E-state index in [2.05, 4.69) is 36.9 Å². The Labute approximate surface area is 387 Å². The second kappa shape index (κ2) is 41.2. The Morgan fingerprint density at radius 2 is 1.00 bits per heavy atom. The standard InChI is InChI=1S/C47H82N5O13/c1-40(54)41(25-26-47(60)61-6)52(5)45(58)37-51(4)46(59)39-65-36-33-62-31-27-48-42(55)38-64-35-34-63-32-29-50(3)44(57)24-22-28-49(2)43(56)23-20-18-16-14-12-10-8-7-9-11-13-15-17-19-21-30-53/h41,53H,2-5,7-39H2,1,6H3/q+3/p+1. The molecule has 0 radical (unpaired) electrons. The van der Waals surface area contributed by atoms with E-state index in [1.165, 1.54) is 87.4 Å². The van der Waals surface area contributed by atoms with Gasteiger partial charge in [-0.25, -0.2) is 19.2 Å². The van der Waals surface area contributed by atoms with Crippen LogP contribution in [0.2, 0.25) is 0 Å². The molecule has 0 aromatic heterocycles. The van der Waals surface area contributed by atoms with Gasteiger partial charge in [0, 0.05) is 32.9 Å². The molecular formula is C47H83N5O13+4. The highest BCUT2D eigenvalue weighted by Crippen LogP contribution is 2.14. The Hall–Kier alpha value is -4.23. The Balaban J connectivity index is 3.79. The molecule has 370 valence electrons. The first kappa shape index (κ1) is 60.8. The Kier molecular flexibility index (Phi) is 38.5. The zero-order valence-corrected chi connectivity index (χ0v) is 39.9. The lowest BCUT2D eigenvalue weighted by atomic mass is 10.0. The number of hydrogen-bond acceptors (Lipinski definition) is 13. The molecule has 0 aromatic carbocycles. The Morgan fingerprint density at radius 3 is 1.54 bits per heavy atom. The van der Waals surface area contributed by atoms with Gasteiger partial charge in [-0.3, -0.25) is 14.4 Å². The summed E-state index contributed by atoms with van der Waals surface area (Å²) in [4.78, 5) is 85.1. The normalized spacial score (nSPS) is 11.4. The fourth-order valence-electron chi connectivity index (χ4n) is 6.47. The van der Waals surface area contributed by atoms with E-state index in [9.17, 15) is 33.6 Å². The van der Waals surface area contributed by atoms with Crippen molar-refractivity contribution in [1.82, 2.24) is 5.32 Å². The van der Waals surface area contributed by atoms with Gasteiger partial charge >= 0.3 is 29.6 Å². The van der Waals surface area contributed by atoms with Crippen LogP contribution in [-0.2, 0) is 57.2 Å². The van der Waals surface area contributed by atoms with Crippen LogP contribution in [0.4, 0.5) is 0 Å². The van der Waals surface area contributed by atoms with Crippen LogP contribution >= 0.6 is 0 Å². The Bertz CT molecular complexity index is 1490. The summed E-state index contributed by atoms with van der Waals surface area (Å²) in [6.07, 6.45) is 19.2.